The van der Waals surface area contributed by atoms with Gasteiger partial charge >= 0.3 is 0 Å². The summed E-state index contributed by atoms with van der Waals surface area (Å²) in [5.74, 6) is 0.203. The van der Waals surface area contributed by atoms with Crippen LogP contribution >= 0.6 is 0 Å². The number of carbonyl (C=O) groups is 1. The SMILES string of the molecule is CCCc1cc(C(=O)NCC(CC)CC)c(=O)[nH]c1C. The first kappa shape index (κ1) is 16.5. The van der Waals surface area contributed by atoms with Gasteiger partial charge in [0.05, 0.1) is 0 Å². The van der Waals surface area contributed by atoms with Gasteiger partial charge in [-0.2, -0.15) is 0 Å². The second-order valence-corrected chi connectivity index (χ2v) is 5.30. The topological polar surface area (TPSA) is 62.0 Å². The summed E-state index contributed by atoms with van der Waals surface area (Å²) in [4.78, 5) is 26.8. The molecule has 20 heavy (non-hydrogen) atoms. The van der Waals surface area contributed by atoms with Crippen LogP contribution in [0, 0.1) is 12.8 Å². The minimum absolute atomic E-state index is 0.227. The fourth-order valence-corrected chi connectivity index (χ4v) is 2.27. The van der Waals surface area contributed by atoms with Crippen molar-refractivity contribution in [2.24, 2.45) is 5.92 Å². The van der Waals surface area contributed by atoms with Gasteiger partial charge in [0, 0.05) is 12.2 Å². The van der Waals surface area contributed by atoms with E-state index in [1.54, 1.807) is 6.07 Å². The number of aromatic amines is 1. The standard InChI is InChI=1S/C16H26N2O2/c1-5-8-13-9-14(16(20)18-11(13)4)15(19)17-10-12(6-2)7-3/h9,12H,5-8,10H2,1-4H3,(H,17,19)(H,18,20). The first-order valence-electron chi connectivity index (χ1n) is 7.54. The van der Waals surface area contributed by atoms with E-state index in [1.165, 1.54) is 0 Å². The molecule has 0 aliphatic carbocycles. The molecule has 1 aromatic rings. The van der Waals surface area contributed by atoms with Gasteiger partial charge in [-0.3, -0.25) is 9.59 Å². The number of rotatable bonds is 7. The van der Waals surface area contributed by atoms with E-state index in [-0.39, 0.29) is 17.0 Å². The highest BCUT2D eigenvalue weighted by molar-refractivity contribution is 5.94. The van der Waals surface area contributed by atoms with Crippen LogP contribution in [0.1, 0.15) is 61.6 Å². The molecule has 0 fully saturated rings. The molecule has 1 aromatic heterocycles. The molecule has 4 nitrogen and oxygen atoms in total. The molecule has 0 unspecified atom stereocenters. The summed E-state index contributed by atoms with van der Waals surface area (Å²) in [6.45, 7) is 8.80. The third kappa shape index (κ3) is 4.22. The van der Waals surface area contributed by atoms with Crippen LogP contribution < -0.4 is 10.9 Å². The summed E-state index contributed by atoms with van der Waals surface area (Å²) in [5, 5.41) is 2.87. The lowest BCUT2D eigenvalue weighted by molar-refractivity contribution is 0.0944. The molecular formula is C16H26N2O2. The van der Waals surface area contributed by atoms with Gasteiger partial charge in [-0.25, -0.2) is 0 Å². The Labute approximate surface area is 121 Å². The molecule has 0 spiro atoms. The summed E-state index contributed by atoms with van der Waals surface area (Å²) >= 11 is 0. The first-order chi connectivity index (χ1) is 9.53. The van der Waals surface area contributed by atoms with Crippen molar-refractivity contribution in [3.63, 3.8) is 0 Å². The molecule has 112 valence electrons. The summed E-state index contributed by atoms with van der Waals surface area (Å²) in [7, 11) is 0. The maximum Gasteiger partial charge on any atom is 0.261 e. The van der Waals surface area contributed by atoms with Crippen molar-refractivity contribution in [2.75, 3.05) is 6.54 Å². The highest BCUT2D eigenvalue weighted by Crippen LogP contribution is 2.09. The number of nitrogens with one attached hydrogen (secondary N) is 2. The zero-order valence-electron chi connectivity index (χ0n) is 13.0. The number of amides is 1. The molecule has 0 aliphatic heterocycles. The Morgan fingerprint density at radius 1 is 1.30 bits per heavy atom. The van der Waals surface area contributed by atoms with Crippen LogP contribution in [0.5, 0.6) is 0 Å². The molecule has 1 rings (SSSR count). The van der Waals surface area contributed by atoms with Crippen LogP contribution in [0.25, 0.3) is 0 Å². The Morgan fingerprint density at radius 3 is 2.50 bits per heavy atom. The molecule has 0 atom stereocenters. The molecule has 0 saturated heterocycles. The van der Waals surface area contributed by atoms with Crippen molar-refractivity contribution >= 4 is 5.91 Å². The second kappa shape index (κ2) is 7.88. The van der Waals surface area contributed by atoms with Crippen LogP contribution in [0.2, 0.25) is 0 Å². The van der Waals surface area contributed by atoms with Crippen LogP contribution in [0.15, 0.2) is 10.9 Å². The molecule has 0 aliphatic rings. The van der Waals surface area contributed by atoms with Crippen molar-refractivity contribution in [3.05, 3.63) is 33.2 Å². The molecule has 1 heterocycles. The van der Waals surface area contributed by atoms with Gasteiger partial charge in [0.1, 0.15) is 5.56 Å². The Balaban J connectivity index is 2.87. The highest BCUT2D eigenvalue weighted by Gasteiger charge is 2.14. The number of hydrogen-bond donors (Lipinski definition) is 2. The van der Waals surface area contributed by atoms with E-state index in [1.807, 2.05) is 6.92 Å². The van der Waals surface area contributed by atoms with Gasteiger partial charge in [-0.15, -0.1) is 0 Å². The quantitative estimate of drug-likeness (QED) is 0.805. The maximum absolute atomic E-state index is 12.1. The highest BCUT2D eigenvalue weighted by atomic mass is 16.2. The van der Waals surface area contributed by atoms with Gasteiger partial charge in [-0.05, 0) is 30.9 Å². The average molecular weight is 278 g/mol. The van der Waals surface area contributed by atoms with E-state index in [0.29, 0.717) is 12.5 Å². The van der Waals surface area contributed by atoms with Crippen molar-refractivity contribution in [1.29, 1.82) is 0 Å². The third-order valence-corrected chi connectivity index (χ3v) is 3.82. The fraction of sp³-hybridized carbons (Fsp3) is 0.625. The summed E-state index contributed by atoms with van der Waals surface area (Å²) in [6.07, 6.45) is 3.92. The van der Waals surface area contributed by atoms with Gasteiger partial charge in [0.25, 0.3) is 11.5 Å². The van der Waals surface area contributed by atoms with Crippen molar-refractivity contribution < 1.29 is 4.79 Å². The van der Waals surface area contributed by atoms with Crippen LogP contribution in [-0.2, 0) is 6.42 Å². The monoisotopic (exact) mass is 278 g/mol. The summed E-state index contributed by atoms with van der Waals surface area (Å²) < 4.78 is 0. The molecule has 0 bridgehead atoms. The number of hydrogen-bond acceptors (Lipinski definition) is 2. The molecule has 0 aromatic carbocycles. The van der Waals surface area contributed by atoms with Crippen LogP contribution in [0.4, 0.5) is 0 Å². The lowest BCUT2D eigenvalue weighted by Gasteiger charge is -2.13. The molecule has 2 N–H and O–H groups in total. The van der Waals surface area contributed by atoms with Gasteiger partial charge in [0.2, 0.25) is 0 Å². The number of carbonyl (C=O) groups excluding carboxylic acids is 1. The van der Waals surface area contributed by atoms with E-state index in [4.69, 9.17) is 0 Å². The molecule has 0 saturated carbocycles. The molecule has 1 amide bonds. The second-order valence-electron chi connectivity index (χ2n) is 5.30. The lowest BCUT2D eigenvalue weighted by Crippen LogP contribution is -2.33. The van der Waals surface area contributed by atoms with Gasteiger partial charge < -0.3 is 10.3 Å². The zero-order chi connectivity index (χ0) is 15.1. The Bertz CT molecular complexity index is 502. The van der Waals surface area contributed by atoms with Gasteiger partial charge in [-0.1, -0.05) is 40.0 Å². The smallest absolute Gasteiger partial charge is 0.261 e. The number of aryl methyl sites for hydroxylation is 2. The average Bonchev–Trinajstić information content (AvgIpc) is 2.42. The molecule has 0 radical (unpaired) electrons. The molecule has 4 heteroatoms. The van der Waals surface area contributed by atoms with E-state index < -0.39 is 0 Å². The first-order valence-corrected chi connectivity index (χ1v) is 7.54. The Morgan fingerprint density at radius 2 is 1.95 bits per heavy atom. The minimum Gasteiger partial charge on any atom is -0.352 e. The van der Waals surface area contributed by atoms with E-state index >= 15 is 0 Å². The maximum atomic E-state index is 12.1. The molecular weight excluding hydrogens is 252 g/mol. The Kier molecular flexibility index (Phi) is 6.49. The number of H-pyrrole nitrogens is 1. The van der Waals surface area contributed by atoms with E-state index in [2.05, 4.69) is 31.1 Å². The minimum atomic E-state index is -0.301. The van der Waals surface area contributed by atoms with Gasteiger partial charge in [0.15, 0.2) is 0 Å². The van der Waals surface area contributed by atoms with Crippen molar-refractivity contribution in [1.82, 2.24) is 10.3 Å². The number of aromatic nitrogens is 1. The number of pyridine rings is 1. The predicted molar refractivity (Wildman–Crippen MR) is 82.2 cm³/mol. The van der Waals surface area contributed by atoms with Crippen molar-refractivity contribution in [2.45, 2.75) is 53.4 Å². The normalized spacial score (nSPS) is 10.8. The largest absolute Gasteiger partial charge is 0.352 e. The summed E-state index contributed by atoms with van der Waals surface area (Å²) in [6, 6.07) is 1.74. The fourth-order valence-electron chi connectivity index (χ4n) is 2.27. The Hall–Kier alpha value is -1.58. The van der Waals surface area contributed by atoms with Crippen LogP contribution in [0.3, 0.4) is 0 Å². The van der Waals surface area contributed by atoms with Crippen molar-refractivity contribution in [3.8, 4) is 0 Å². The van der Waals surface area contributed by atoms with E-state index in [0.717, 1.165) is 36.9 Å². The third-order valence-electron chi connectivity index (χ3n) is 3.82. The zero-order valence-corrected chi connectivity index (χ0v) is 13.0. The summed E-state index contributed by atoms with van der Waals surface area (Å²) in [5.41, 5.74) is 1.82. The predicted octanol–water partition coefficient (Wildman–Crippen LogP) is 2.80. The van der Waals surface area contributed by atoms with Crippen LogP contribution in [-0.4, -0.2) is 17.4 Å². The lowest BCUT2D eigenvalue weighted by atomic mass is 10.0. The van der Waals surface area contributed by atoms with E-state index in [9.17, 15) is 9.59 Å².